The highest BCUT2D eigenvalue weighted by Crippen LogP contribution is 2.06. The molecule has 0 saturated heterocycles. The summed E-state index contributed by atoms with van der Waals surface area (Å²) in [6, 6.07) is 6.47. The van der Waals surface area contributed by atoms with E-state index in [2.05, 4.69) is 10.3 Å². The van der Waals surface area contributed by atoms with Gasteiger partial charge in [-0.1, -0.05) is 12.1 Å². The van der Waals surface area contributed by atoms with Gasteiger partial charge >= 0.3 is 0 Å². The fourth-order valence-electron chi connectivity index (χ4n) is 1.87. The fourth-order valence-corrected chi connectivity index (χ4v) is 1.87. The number of benzene rings is 1. The number of guanidine groups is 1. The predicted molar refractivity (Wildman–Crippen MR) is 82.5 cm³/mol. The van der Waals surface area contributed by atoms with Gasteiger partial charge < -0.3 is 15.1 Å². The normalized spacial score (nSPS) is 11.2. The van der Waals surface area contributed by atoms with E-state index in [0.29, 0.717) is 25.5 Å². The van der Waals surface area contributed by atoms with E-state index < -0.39 is 0 Å². The number of halogens is 1. The lowest BCUT2D eigenvalue weighted by Crippen LogP contribution is -2.40. The number of nitrogens with zero attached hydrogens (tertiary/aromatic N) is 3. The van der Waals surface area contributed by atoms with E-state index in [1.807, 2.05) is 18.0 Å². The molecule has 1 amide bonds. The van der Waals surface area contributed by atoms with Gasteiger partial charge in [-0.3, -0.25) is 9.79 Å². The Kier molecular flexibility index (Phi) is 6.65. The monoisotopic (exact) mass is 294 g/mol. The van der Waals surface area contributed by atoms with Gasteiger partial charge in [0.25, 0.3) is 0 Å². The third kappa shape index (κ3) is 5.81. The second kappa shape index (κ2) is 8.24. The molecule has 0 radical (unpaired) electrons. The molecule has 0 atom stereocenters. The molecule has 0 heterocycles. The zero-order valence-corrected chi connectivity index (χ0v) is 13.1. The van der Waals surface area contributed by atoms with Crippen LogP contribution in [0.4, 0.5) is 4.39 Å². The third-order valence-electron chi connectivity index (χ3n) is 3.00. The molecule has 1 rings (SSSR count). The lowest BCUT2D eigenvalue weighted by atomic mass is 10.2. The first kappa shape index (κ1) is 16.9. The van der Waals surface area contributed by atoms with Crippen LogP contribution in [0.25, 0.3) is 0 Å². The van der Waals surface area contributed by atoms with Crippen molar-refractivity contribution in [1.82, 2.24) is 15.1 Å². The molecule has 0 unspecified atom stereocenters. The molecule has 1 N–H and O–H groups in total. The first-order valence-corrected chi connectivity index (χ1v) is 6.80. The average Bonchev–Trinajstić information content (AvgIpc) is 2.43. The van der Waals surface area contributed by atoms with Crippen LogP contribution in [0.5, 0.6) is 0 Å². The van der Waals surface area contributed by atoms with Crippen molar-refractivity contribution in [2.75, 3.05) is 34.7 Å². The maximum atomic E-state index is 13.2. The minimum absolute atomic E-state index is 0.0609. The van der Waals surface area contributed by atoms with Crippen LogP contribution in [-0.4, -0.2) is 56.4 Å². The third-order valence-corrected chi connectivity index (χ3v) is 3.00. The van der Waals surface area contributed by atoms with E-state index in [9.17, 15) is 9.18 Å². The largest absolute Gasteiger partial charge is 0.356 e. The van der Waals surface area contributed by atoms with Gasteiger partial charge in [-0.2, -0.15) is 0 Å². The molecule has 0 spiro atoms. The zero-order valence-electron chi connectivity index (χ0n) is 13.1. The standard InChI is InChI=1S/C15H23FN4O/c1-17-15(18-9-8-14(21)19(2)3)20(4)11-12-6-5-7-13(16)10-12/h5-7,10H,8-9,11H2,1-4H3,(H,17,18). The van der Waals surface area contributed by atoms with E-state index >= 15 is 0 Å². The molecule has 0 aliphatic carbocycles. The first-order valence-electron chi connectivity index (χ1n) is 6.80. The lowest BCUT2D eigenvalue weighted by molar-refractivity contribution is -0.128. The first-order chi connectivity index (χ1) is 9.93. The Balaban J connectivity index is 2.50. The molecular weight excluding hydrogens is 271 g/mol. The number of aliphatic imine (C=N–C) groups is 1. The zero-order chi connectivity index (χ0) is 15.8. The molecule has 0 aliphatic heterocycles. The molecule has 0 fully saturated rings. The van der Waals surface area contributed by atoms with Crippen molar-refractivity contribution in [3.8, 4) is 0 Å². The highest BCUT2D eigenvalue weighted by Gasteiger charge is 2.08. The van der Waals surface area contributed by atoms with Gasteiger partial charge in [0.05, 0.1) is 0 Å². The van der Waals surface area contributed by atoms with Crippen LogP contribution in [0.2, 0.25) is 0 Å². The van der Waals surface area contributed by atoms with Crippen LogP contribution in [0.1, 0.15) is 12.0 Å². The average molecular weight is 294 g/mol. The number of amides is 1. The van der Waals surface area contributed by atoms with Crippen molar-refractivity contribution in [2.24, 2.45) is 4.99 Å². The molecule has 21 heavy (non-hydrogen) atoms. The SMILES string of the molecule is CN=C(NCCC(=O)N(C)C)N(C)Cc1cccc(F)c1. The Bertz CT molecular complexity index is 502. The summed E-state index contributed by atoms with van der Waals surface area (Å²) in [5.41, 5.74) is 0.866. The van der Waals surface area contributed by atoms with Crippen molar-refractivity contribution >= 4 is 11.9 Å². The molecule has 6 heteroatoms. The molecular formula is C15H23FN4O. The molecule has 116 valence electrons. The summed E-state index contributed by atoms with van der Waals surface area (Å²) in [5.74, 6) is 0.483. The van der Waals surface area contributed by atoms with Crippen molar-refractivity contribution in [3.63, 3.8) is 0 Å². The second-order valence-corrected chi connectivity index (χ2v) is 5.00. The van der Waals surface area contributed by atoms with Crippen LogP contribution in [0.15, 0.2) is 29.3 Å². The van der Waals surface area contributed by atoms with Crippen LogP contribution < -0.4 is 5.32 Å². The number of rotatable bonds is 5. The smallest absolute Gasteiger partial charge is 0.223 e. The Morgan fingerprint density at radius 1 is 1.33 bits per heavy atom. The van der Waals surface area contributed by atoms with Gasteiger partial charge in [0.2, 0.25) is 5.91 Å². The number of carbonyl (C=O) groups excluding carboxylic acids is 1. The molecule has 5 nitrogen and oxygen atoms in total. The number of nitrogens with one attached hydrogen (secondary N) is 1. The van der Waals surface area contributed by atoms with Gasteiger partial charge in [0.15, 0.2) is 5.96 Å². The van der Waals surface area contributed by atoms with Gasteiger partial charge in [0, 0.05) is 47.7 Å². The van der Waals surface area contributed by atoms with E-state index in [1.54, 1.807) is 32.1 Å². The van der Waals surface area contributed by atoms with Gasteiger partial charge in [-0.05, 0) is 17.7 Å². The Labute approximate surface area is 125 Å². The summed E-state index contributed by atoms with van der Waals surface area (Å²) in [5, 5.41) is 3.12. The van der Waals surface area contributed by atoms with Crippen molar-refractivity contribution < 1.29 is 9.18 Å². The van der Waals surface area contributed by atoms with Crippen molar-refractivity contribution in [1.29, 1.82) is 0 Å². The van der Waals surface area contributed by atoms with E-state index in [0.717, 1.165) is 5.56 Å². The summed E-state index contributed by atoms with van der Waals surface area (Å²) in [6.07, 6.45) is 0.403. The van der Waals surface area contributed by atoms with Crippen LogP contribution >= 0.6 is 0 Å². The molecule has 1 aromatic carbocycles. The lowest BCUT2D eigenvalue weighted by Gasteiger charge is -2.22. The molecule has 0 aromatic heterocycles. The Hall–Kier alpha value is -2.11. The second-order valence-electron chi connectivity index (χ2n) is 5.00. The Morgan fingerprint density at radius 2 is 2.05 bits per heavy atom. The molecule has 0 bridgehead atoms. The van der Waals surface area contributed by atoms with Crippen molar-refractivity contribution in [2.45, 2.75) is 13.0 Å². The highest BCUT2D eigenvalue weighted by molar-refractivity contribution is 5.81. The minimum atomic E-state index is -0.250. The van der Waals surface area contributed by atoms with Gasteiger partial charge in [-0.15, -0.1) is 0 Å². The number of hydrogen-bond donors (Lipinski definition) is 1. The van der Waals surface area contributed by atoms with E-state index in [4.69, 9.17) is 0 Å². The fraction of sp³-hybridized carbons (Fsp3) is 0.467. The van der Waals surface area contributed by atoms with Gasteiger partial charge in [-0.25, -0.2) is 4.39 Å². The van der Waals surface area contributed by atoms with E-state index in [1.165, 1.54) is 12.1 Å². The maximum Gasteiger partial charge on any atom is 0.223 e. The minimum Gasteiger partial charge on any atom is -0.356 e. The van der Waals surface area contributed by atoms with Crippen LogP contribution in [0.3, 0.4) is 0 Å². The summed E-state index contributed by atoms with van der Waals surface area (Å²) in [7, 11) is 7.01. The predicted octanol–water partition coefficient (Wildman–Crippen LogP) is 1.31. The summed E-state index contributed by atoms with van der Waals surface area (Å²) >= 11 is 0. The maximum absolute atomic E-state index is 13.2. The van der Waals surface area contributed by atoms with Crippen LogP contribution in [-0.2, 0) is 11.3 Å². The number of carbonyl (C=O) groups is 1. The van der Waals surface area contributed by atoms with E-state index in [-0.39, 0.29) is 11.7 Å². The Morgan fingerprint density at radius 3 is 2.62 bits per heavy atom. The number of hydrogen-bond acceptors (Lipinski definition) is 2. The molecule has 0 aliphatic rings. The summed E-state index contributed by atoms with van der Waals surface area (Å²) < 4.78 is 13.2. The topological polar surface area (TPSA) is 47.9 Å². The summed E-state index contributed by atoms with van der Waals surface area (Å²) in [4.78, 5) is 19.1. The molecule has 1 aromatic rings. The highest BCUT2D eigenvalue weighted by atomic mass is 19.1. The van der Waals surface area contributed by atoms with Crippen LogP contribution in [0, 0.1) is 5.82 Å². The van der Waals surface area contributed by atoms with Gasteiger partial charge in [0.1, 0.15) is 5.82 Å². The molecule has 0 saturated carbocycles. The quantitative estimate of drug-likeness (QED) is 0.658. The van der Waals surface area contributed by atoms with Crippen molar-refractivity contribution in [3.05, 3.63) is 35.6 Å². The summed E-state index contributed by atoms with van der Waals surface area (Å²) in [6.45, 7) is 1.05.